The molecular formula is C10H14N4O3S2. The second kappa shape index (κ2) is 5.33. The van der Waals surface area contributed by atoms with E-state index < -0.39 is 21.1 Å². The third-order valence-corrected chi connectivity index (χ3v) is 5.36. The molecule has 9 heteroatoms. The summed E-state index contributed by atoms with van der Waals surface area (Å²) in [5, 5.41) is -0.818. The lowest BCUT2D eigenvalue weighted by atomic mass is 10.3. The van der Waals surface area contributed by atoms with Crippen LogP contribution in [0.25, 0.3) is 0 Å². The fourth-order valence-electron chi connectivity index (χ4n) is 1.80. The van der Waals surface area contributed by atoms with Gasteiger partial charge in [0, 0.05) is 24.3 Å². The molecule has 0 saturated carbocycles. The molecule has 1 atom stereocenters. The Bertz CT molecular complexity index is 590. The van der Waals surface area contributed by atoms with Crippen LogP contribution in [-0.2, 0) is 9.84 Å². The number of carbonyl (C=O) groups is 1. The van der Waals surface area contributed by atoms with Crippen molar-refractivity contribution in [2.45, 2.75) is 5.37 Å². The molecule has 0 radical (unpaired) electrons. The number of amides is 1. The van der Waals surface area contributed by atoms with Gasteiger partial charge in [-0.05, 0) is 0 Å². The van der Waals surface area contributed by atoms with Crippen LogP contribution >= 0.6 is 11.8 Å². The molecule has 1 amide bonds. The molecule has 19 heavy (non-hydrogen) atoms. The van der Waals surface area contributed by atoms with Gasteiger partial charge in [-0.3, -0.25) is 9.78 Å². The maximum absolute atomic E-state index is 12.3. The van der Waals surface area contributed by atoms with E-state index in [1.54, 1.807) is 0 Å². The summed E-state index contributed by atoms with van der Waals surface area (Å²) in [6.07, 6.45) is 3.76. The Morgan fingerprint density at radius 3 is 2.89 bits per heavy atom. The first-order valence-corrected chi connectivity index (χ1v) is 8.65. The van der Waals surface area contributed by atoms with Crippen molar-refractivity contribution in [2.24, 2.45) is 0 Å². The maximum atomic E-state index is 12.3. The van der Waals surface area contributed by atoms with Gasteiger partial charge < -0.3 is 10.6 Å². The minimum Gasteiger partial charge on any atom is -0.382 e. The van der Waals surface area contributed by atoms with Gasteiger partial charge in [-0.1, -0.05) is 0 Å². The minimum absolute atomic E-state index is 0.0700. The van der Waals surface area contributed by atoms with Crippen molar-refractivity contribution in [3.63, 3.8) is 0 Å². The summed E-state index contributed by atoms with van der Waals surface area (Å²) in [5.41, 5.74) is 5.55. The molecule has 2 rings (SSSR count). The fourth-order valence-corrected chi connectivity index (χ4v) is 4.61. The lowest BCUT2D eigenvalue weighted by Crippen LogP contribution is -2.50. The zero-order valence-electron chi connectivity index (χ0n) is 10.3. The number of sulfone groups is 1. The number of nitrogens with zero attached hydrogens (tertiary/aromatic N) is 3. The highest BCUT2D eigenvalue weighted by Crippen LogP contribution is 2.21. The number of nitrogens with two attached hydrogens (primary N) is 1. The van der Waals surface area contributed by atoms with E-state index in [0.717, 1.165) is 6.26 Å². The van der Waals surface area contributed by atoms with E-state index in [-0.39, 0.29) is 11.5 Å². The van der Waals surface area contributed by atoms with Crippen molar-refractivity contribution in [3.05, 3.63) is 18.1 Å². The Morgan fingerprint density at radius 2 is 2.26 bits per heavy atom. The van der Waals surface area contributed by atoms with E-state index in [2.05, 4.69) is 9.97 Å². The van der Waals surface area contributed by atoms with E-state index in [9.17, 15) is 13.2 Å². The van der Waals surface area contributed by atoms with Crippen LogP contribution in [0.5, 0.6) is 0 Å². The van der Waals surface area contributed by atoms with Gasteiger partial charge in [0.15, 0.2) is 9.84 Å². The topological polar surface area (TPSA) is 106 Å². The summed E-state index contributed by atoms with van der Waals surface area (Å²) >= 11 is 1.52. The molecule has 1 aromatic rings. The summed E-state index contributed by atoms with van der Waals surface area (Å²) in [6, 6.07) is 0. The average Bonchev–Trinajstić information content (AvgIpc) is 2.37. The second-order valence-corrected chi connectivity index (χ2v) is 7.54. The van der Waals surface area contributed by atoms with Crippen molar-refractivity contribution < 1.29 is 13.2 Å². The van der Waals surface area contributed by atoms with Crippen LogP contribution in [0.1, 0.15) is 10.5 Å². The first-order chi connectivity index (χ1) is 8.89. The Hall–Kier alpha value is -1.35. The zero-order valence-corrected chi connectivity index (χ0v) is 11.9. The molecule has 1 aliphatic heterocycles. The highest BCUT2D eigenvalue weighted by atomic mass is 32.2. The number of hydrogen-bond acceptors (Lipinski definition) is 7. The van der Waals surface area contributed by atoms with Crippen molar-refractivity contribution in [1.82, 2.24) is 14.9 Å². The lowest BCUT2D eigenvalue weighted by Gasteiger charge is -2.33. The van der Waals surface area contributed by atoms with Gasteiger partial charge in [0.05, 0.1) is 12.4 Å². The molecule has 2 heterocycles. The Balaban J connectivity index is 2.30. The molecule has 0 aromatic carbocycles. The molecule has 1 fully saturated rings. The van der Waals surface area contributed by atoms with Gasteiger partial charge in [-0.25, -0.2) is 13.4 Å². The van der Waals surface area contributed by atoms with Gasteiger partial charge in [0.1, 0.15) is 16.9 Å². The summed E-state index contributed by atoms with van der Waals surface area (Å²) in [7, 11) is -3.33. The number of hydrogen-bond donors (Lipinski definition) is 1. The number of thioether (sulfide) groups is 1. The van der Waals surface area contributed by atoms with Crippen LogP contribution in [-0.4, -0.2) is 58.9 Å². The Kier molecular flexibility index (Phi) is 3.95. The van der Waals surface area contributed by atoms with Crippen LogP contribution < -0.4 is 5.73 Å². The molecule has 1 aliphatic rings. The minimum atomic E-state index is -3.33. The van der Waals surface area contributed by atoms with Gasteiger partial charge >= 0.3 is 0 Å². The van der Waals surface area contributed by atoms with Crippen LogP contribution in [0.4, 0.5) is 5.82 Å². The number of rotatable bonds is 2. The molecule has 2 N–H and O–H groups in total. The SMILES string of the molecule is CS(=O)(=O)C1CSCCN1C(=O)c1cncc(N)n1. The summed E-state index contributed by atoms with van der Waals surface area (Å²) in [6.45, 7) is 0.373. The van der Waals surface area contributed by atoms with E-state index >= 15 is 0 Å². The van der Waals surface area contributed by atoms with Crippen molar-refractivity contribution >= 4 is 33.3 Å². The smallest absolute Gasteiger partial charge is 0.275 e. The monoisotopic (exact) mass is 302 g/mol. The van der Waals surface area contributed by atoms with Gasteiger partial charge in [0.2, 0.25) is 0 Å². The third kappa shape index (κ3) is 3.16. The largest absolute Gasteiger partial charge is 0.382 e. The summed E-state index contributed by atoms with van der Waals surface area (Å²) in [5.74, 6) is 0.761. The maximum Gasteiger partial charge on any atom is 0.275 e. The van der Waals surface area contributed by atoms with Gasteiger partial charge in [0.25, 0.3) is 5.91 Å². The highest BCUT2D eigenvalue weighted by Gasteiger charge is 2.35. The van der Waals surface area contributed by atoms with E-state index in [4.69, 9.17) is 5.73 Å². The van der Waals surface area contributed by atoms with Crippen molar-refractivity contribution in [3.8, 4) is 0 Å². The number of nitrogen functional groups attached to an aromatic ring is 1. The first-order valence-electron chi connectivity index (χ1n) is 5.54. The molecule has 0 bridgehead atoms. The third-order valence-electron chi connectivity index (χ3n) is 2.71. The Labute approximate surface area is 115 Å². The predicted molar refractivity (Wildman–Crippen MR) is 73.4 cm³/mol. The van der Waals surface area contributed by atoms with Crippen LogP contribution in [0.2, 0.25) is 0 Å². The van der Waals surface area contributed by atoms with E-state index in [1.165, 1.54) is 29.1 Å². The average molecular weight is 302 g/mol. The summed E-state index contributed by atoms with van der Waals surface area (Å²) in [4.78, 5) is 21.3. The molecule has 1 aromatic heterocycles. The van der Waals surface area contributed by atoms with Crippen molar-refractivity contribution in [1.29, 1.82) is 0 Å². The molecule has 0 aliphatic carbocycles. The molecule has 1 saturated heterocycles. The molecule has 0 spiro atoms. The van der Waals surface area contributed by atoms with Gasteiger partial charge in [-0.15, -0.1) is 0 Å². The predicted octanol–water partition coefficient (Wildman–Crippen LogP) is -0.381. The zero-order chi connectivity index (χ0) is 14.0. The highest BCUT2D eigenvalue weighted by molar-refractivity contribution is 8.00. The fraction of sp³-hybridized carbons (Fsp3) is 0.500. The molecule has 7 nitrogen and oxygen atoms in total. The molecular weight excluding hydrogens is 288 g/mol. The normalized spacial score (nSPS) is 20.3. The van der Waals surface area contributed by atoms with Crippen LogP contribution in [0, 0.1) is 0 Å². The standard InChI is InChI=1S/C10H14N4O3S2/c1-19(16,17)9-6-18-3-2-14(9)10(15)7-4-12-5-8(11)13-7/h4-5,9H,2-3,6H2,1H3,(H2,11,13). The number of anilines is 1. The molecule has 104 valence electrons. The Morgan fingerprint density at radius 1 is 1.53 bits per heavy atom. The van der Waals surface area contributed by atoms with Gasteiger partial charge in [-0.2, -0.15) is 11.8 Å². The van der Waals surface area contributed by atoms with Crippen molar-refractivity contribution in [2.75, 3.05) is 30.0 Å². The van der Waals surface area contributed by atoms with Crippen LogP contribution in [0.15, 0.2) is 12.4 Å². The summed E-state index contributed by atoms with van der Waals surface area (Å²) < 4.78 is 23.5. The number of carbonyl (C=O) groups excluding carboxylic acids is 1. The number of aromatic nitrogens is 2. The lowest BCUT2D eigenvalue weighted by molar-refractivity contribution is 0.0743. The van der Waals surface area contributed by atoms with Crippen LogP contribution in [0.3, 0.4) is 0 Å². The van der Waals surface area contributed by atoms with E-state index in [0.29, 0.717) is 18.1 Å². The van der Waals surface area contributed by atoms with E-state index in [1.807, 2.05) is 0 Å². The molecule has 1 unspecified atom stereocenters. The second-order valence-electron chi connectivity index (χ2n) is 4.19. The quantitative estimate of drug-likeness (QED) is 0.793. The first kappa shape index (κ1) is 14.1.